The van der Waals surface area contributed by atoms with Crippen LogP contribution in [0, 0.1) is 0 Å². The van der Waals surface area contributed by atoms with Gasteiger partial charge < -0.3 is 9.80 Å². The van der Waals surface area contributed by atoms with Crippen LogP contribution in [0.25, 0.3) is 5.65 Å². The number of nitrogens with zero attached hydrogens (tertiary/aromatic N) is 5. The van der Waals surface area contributed by atoms with Gasteiger partial charge in [0.25, 0.3) is 0 Å². The van der Waals surface area contributed by atoms with Crippen molar-refractivity contribution in [3.63, 3.8) is 0 Å². The number of amides is 3. The van der Waals surface area contributed by atoms with Crippen LogP contribution in [0.2, 0.25) is 0 Å². The average Bonchev–Trinajstić information content (AvgIpc) is 2.90. The van der Waals surface area contributed by atoms with Crippen molar-refractivity contribution in [1.29, 1.82) is 0 Å². The van der Waals surface area contributed by atoms with Gasteiger partial charge in [0.1, 0.15) is 5.82 Å². The number of hydrogen-bond donors (Lipinski definition) is 1. The van der Waals surface area contributed by atoms with Gasteiger partial charge in [0, 0.05) is 38.8 Å². The number of carbonyl (C=O) groups excluding carboxylic acids is 2. The summed E-state index contributed by atoms with van der Waals surface area (Å²) < 4.78 is 1.93. The number of rotatable bonds is 2. The van der Waals surface area contributed by atoms with Gasteiger partial charge in [-0.3, -0.25) is 19.4 Å². The van der Waals surface area contributed by atoms with E-state index in [2.05, 4.69) is 33.2 Å². The molecule has 0 unspecified atom stereocenters. The van der Waals surface area contributed by atoms with Gasteiger partial charge in [-0.25, -0.2) is 9.78 Å². The molecular weight excluding hydrogens is 320 g/mol. The molecule has 0 atom stereocenters. The van der Waals surface area contributed by atoms with E-state index in [9.17, 15) is 9.59 Å². The number of pyridine rings is 1. The molecule has 4 heterocycles. The molecule has 8 heteroatoms. The molecule has 0 aromatic carbocycles. The lowest BCUT2D eigenvalue weighted by Crippen LogP contribution is -2.50. The average molecular weight is 342 g/mol. The van der Waals surface area contributed by atoms with Gasteiger partial charge in [0.15, 0.2) is 5.65 Å². The molecule has 3 amide bonds. The van der Waals surface area contributed by atoms with E-state index < -0.39 is 0 Å². The van der Waals surface area contributed by atoms with Crippen LogP contribution in [0.3, 0.4) is 0 Å². The predicted octanol–water partition coefficient (Wildman–Crippen LogP) is 0.922. The Morgan fingerprint density at radius 1 is 1.12 bits per heavy atom. The molecule has 1 N–H and O–H groups in total. The Morgan fingerprint density at radius 2 is 2.00 bits per heavy atom. The minimum Gasteiger partial charge on any atom is -0.367 e. The third-order valence-electron chi connectivity index (χ3n) is 4.89. The van der Waals surface area contributed by atoms with Crippen molar-refractivity contribution in [1.82, 2.24) is 19.6 Å². The van der Waals surface area contributed by atoms with Crippen molar-refractivity contribution in [2.24, 2.45) is 0 Å². The van der Waals surface area contributed by atoms with Crippen LogP contribution in [0.15, 0.2) is 24.5 Å². The summed E-state index contributed by atoms with van der Waals surface area (Å²) in [7, 11) is 2.15. The van der Waals surface area contributed by atoms with Crippen molar-refractivity contribution >= 4 is 29.1 Å². The lowest BCUT2D eigenvalue weighted by molar-refractivity contribution is -0.120. The summed E-state index contributed by atoms with van der Waals surface area (Å²) in [6.45, 7) is 4.44. The molecule has 4 rings (SSSR count). The quantitative estimate of drug-likeness (QED) is 0.879. The number of nitrogens with one attached hydrogen (secondary N) is 1. The number of imidazole rings is 1. The summed E-state index contributed by atoms with van der Waals surface area (Å²) in [5.74, 6) is 0.457. The van der Waals surface area contributed by atoms with Gasteiger partial charge in [0.2, 0.25) is 5.91 Å². The standard InChI is InChI=1S/C17H22N6O2/c1-20-6-3-7-21(11-10-20)13-4-2-8-22-15(12-18-16(13)22)23-9-5-14(24)19-17(23)25/h2,4,8,12H,3,5-7,9-11H2,1H3,(H,19,24,25). The molecule has 2 aromatic rings. The number of carbonyl (C=O) groups is 2. The summed E-state index contributed by atoms with van der Waals surface area (Å²) >= 11 is 0. The van der Waals surface area contributed by atoms with Crippen LogP contribution in [0.4, 0.5) is 16.3 Å². The Bertz CT molecular complexity index is 817. The largest absolute Gasteiger partial charge is 0.367 e. The third kappa shape index (κ3) is 2.93. The van der Waals surface area contributed by atoms with Gasteiger partial charge >= 0.3 is 6.03 Å². The molecule has 0 radical (unpaired) electrons. The molecule has 25 heavy (non-hydrogen) atoms. The number of imide groups is 1. The van der Waals surface area contributed by atoms with E-state index in [1.807, 2.05) is 16.7 Å². The molecule has 2 aliphatic rings. The number of fused-ring (bicyclic) bond motifs is 1. The maximum absolute atomic E-state index is 12.2. The Labute approximate surface area is 146 Å². The number of likely N-dealkylation sites (N-methyl/N-ethyl adjacent to an activating group) is 1. The van der Waals surface area contributed by atoms with Crippen molar-refractivity contribution in [2.45, 2.75) is 12.8 Å². The minimum atomic E-state index is -0.389. The van der Waals surface area contributed by atoms with Crippen molar-refractivity contribution < 1.29 is 9.59 Å². The zero-order valence-electron chi connectivity index (χ0n) is 14.3. The molecule has 0 saturated carbocycles. The lowest BCUT2D eigenvalue weighted by Gasteiger charge is -2.26. The first kappa shape index (κ1) is 15.9. The van der Waals surface area contributed by atoms with Gasteiger partial charge in [-0.1, -0.05) is 0 Å². The first-order valence-electron chi connectivity index (χ1n) is 8.64. The van der Waals surface area contributed by atoms with Crippen molar-refractivity contribution in [2.75, 3.05) is 49.6 Å². The molecule has 8 nitrogen and oxygen atoms in total. The first-order chi connectivity index (χ1) is 12.1. The minimum absolute atomic E-state index is 0.232. The van der Waals surface area contributed by atoms with Gasteiger partial charge in [0.05, 0.1) is 11.9 Å². The Kier molecular flexibility index (Phi) is 4.04. The number of urea groups is 1. The highest BCUT2D eigenvalue weighted by molar-refractivity contribution is 6.05. The van der Waals surface area contributed by atoms with E-state index >= 15 is 0 Å². The SMILES string of the molecule is CN1CCCN(c2cccn3c(N4CCC(=O)NC4=O)cnc23)CC1. The number of anilines is 2. The van der Waals surface area contributed by atoms with E-state index in [0.29, 0.717) is 18.8 Å². The molecule has 0 bridgehead atoms. The highest BCUT2D eigenvalue weighted by atomic mass is 16.2. The molecule has 2 saturated heterocycles. The Balaban J connectivity index is 1.68. The fourth-order valence-corrected chi connectivity index (χ4v) is 3.50. The highest BCUT2D eigenvalue weighted by Crippen LogP contribution is 2.27. The van der Waals surface area contributed by atoms with Crippen molar-refractivity contribution in [3.8, 4) is 0 Å². The van der Waals surface area contributed by atoms with Crippen LogP contribution in [0.1, 0.15) is 12.8 Å². The highest BCUT2D eigenvalue weighted by Gasteiger charge is 2.27. The van der Waals surface area contributed by atoms with Crippen molar-refractivity contribution in [3.05, 3.63) is 24.5 Å². The molecule has 2 fully saturated rings. The maximum atomic E-state index is 12.2. The van der Waals surface area contributed by atoms with Crippen LogP contribution in [0.5, 0.6) is 0 Å². The number of aromatic nitrogens is 2. The van der Waals surface area contributed by atoms with Gasteiger partial charge in [-0.05, 0) is 32.1 Å². The van der Waals surface area contributed by atoms with E-state index in [0.717, 1.165) is 43.9 Å². The summed E-state index contributed by atoms with van der Waals surface area (Å²) in [6.07, 6.45) is 5.03. The Hall–Kier alpha value is -2.61. The van der Waals surface area contributed by atoms with E-state index in [4.69, 9.17) is 0 Å². The van der Waals surface area contributed by atoms with E-state index in [1.165, 1.54) is 0 Å². The zero-order valence-corrected chi connectivity index (χ0v) is 14.3. The third-order valence-corrected chi connectivity index (χ3v) is 4.89. The Morgan fingerprint density at radius 3 is 2.84 bits per heavy atom. The van der Waals surface area contributed by atoms with E-state index in [1.54, 1.807) is 11.1 Å². The van der Waals surface area contributed by atoms with Gasteiger partial charge in [-0.2, -0.15) is 0 Å². The second-order valence-corrected chi connectivity index (χ2v) is 6.60. The summed E-state index contributed by atoms with van der Waals surface area (Å²) in [4.78, 5) is 34.4. The van der Waals surface area contributed by atoms with Crippen LogP contribution >= 0.6 is 0 Å². The molecule has 132 valence electrons. The normalized spacial score (nSPS) is 20.0. The predicted molar refractivity (Wildman–Crippen MR) is 95.0 cm³/mol. The smallest absolute Gasteiger partial charge is 0.329 e. The van der Waals surface area contributed by atoms with E-state index in [-0.39, 0.29) is 11.9 Å². The maximum Gasteiger partial charge on any atom is 0.329 e. The lowest BCUT2D eigenvalue weighted by atomic mass is 10.3. The monoisotopic (exact) mass is 342 g/mol. The topological polar surface area (TPSA) is 73.2 Å². The zero-order chi connectivity index (χ0) is 17.4. The van der Waals surface area contributed by atoms with Crippen LogP contribution in [-0.4, -0.2) is 66.0 Å². The molecule has 2 aromatic heterocycles. The van der Waals surface area contributed by atoms with Crippen LogP contribution in [-0.2, 0) is 4.79 Å². The molecule has 0 spiro atoms. The second-order valence-electron chi connectivity index (χ2n) is 6.60. The summed E-state index contributed by atoms with van der Waals surface area (Å²) in [5.41, 5.74) is 1.92. The van der Waals surface area contributed by atoms with Gasteiger partial charge in [-0.15, -0.1) is 0 Å². The first-order valence-corrected chi connectivity index (χ1v) is 8.64. The fraction of sp³-hybridized carbons (Fsp3) is 0.471. The number of hydrogen-bond acceptors (Lipinski definition) is 5. The molecule has 0 aliphatic carbocycles. The fourth-order valence-electron chi connectivity index (χ4n) is 3.50. The second kappa shape index (κ2) is 6.36. The summed E-state index contributed by atoms with van der Waals surface area (Å²) in [5, 5.41) is 2.36. The molecular formula is C17H22N6O2. The molecule has 2 aliphatic heterocycles. The van der Waals surface area contributed by atoms with Crippen LogP contribution < -0.4 is 15.1 Å². The summed E-state index contributed by atoms with van der Waals surface area (Å²) in [6, 6.07) is 3.67.